The second-order valence-corrected chi connectivity index (χ2v) is 10.9. The van der Waals surface area contributed by atoms with Crippen LogP contribution in [0.15, 0.2) is 17.5 Å². The molecule has 0 atom stereocenters. The Hall–Kier alpha value is -0.303. The summed E-state index contributed by atoms with van der Waals surface area (Å²) < 4.78 is 0. The van der Waals surface area contributed by atoms with Crippen molar-refractivity contribution in [3.8, 4) is 0 Å². The lowest BCUT2D eigenvalue weighted by molar-refractivity contribution is 0.292. The second-order valence-electron chi connectivity index (χ2n) is 5.89. The molecule has 0 radical (unpaired) electrons. The Morgan fingerprint density at radius 1 is 1.00 bits per heavy atom. The van der Waals surface area contributed by atoms with Crippen LogP contribution in [0.3, 0.4) is 0 Å². The molecular formula is C15H31NSi. The van der Waals surface area contributed by atoms with Crippen LogP contribution in [0, 0.1) is 0 Å². The predicted molar refractivity (Wildman–Crippen MR) is 82.3 cm³/mol. The van der Waals surface area contributed by atoms with Crippen molar-refractivity contribution < 1.29 is 0 Å². The van der Waals surface area contributed by atoms with Crippen molar-refractivity contribution >= 4 is 8.07 Å². The van der Waals surface area contributed by atoms with E-state index in [4.69, 9.17) is 0 Å². The maximum Gasteiger partial charge on any atom is 0.0781 e. The van der Waals surface area contributed by atoms with Gasteiger partial charge in [0.1, 0.15) is 0 Å². The molecular weight excluding hydrogens is 222 g/mol. The predicted octanol–water partition coefficient (Wildman–Crippen LogP) is 4.48. The van der Waals surface area contributed by atoms with Crippen molar-refractivity contribution in [1.82, 2.24) is 4.90 Å². The van der Waals surface area contributed by atoms with Gasteiger partial charge in [-0.25, -0.2) is 0 Å². The Bertz CT molecular complexity index is 226. The molecule has 0 amide bonds. The highest BCUT2D eigenvalue weighted by atomic mass is 28.3. The van der Waals surface area contributed by atoms with Crippen molar-refractivity contribution in [1.29, 1.82) is 0 Å². The smallest absolute Gasteiger partial charge is 0.0781 e. The van der Waals surface area contributed by atoms with E-state index in [1.54, 1.807) is 0 Å². The molecule has 0 aromatic heterocycles. The van der Waals surface area contributed by atoms with Crippen molar-refractivity contribution in [2.45, 2.75) is 59.2 Å². The summed E-state index contributed by atoms with van der Waals surface area (Å²) in [5.74, 6) is 0. The average Bonchev–Trinajstić information content (AvgIpc) is 2.25. The molecule has 0 aromatic rings. The van der Waals surface area contributed by atoms with Gasteiger partial charge in [-0.05, 0) is 32.0 Å². The summed E-state index contributed by atoms with van der Waals surface area (Å²) in [5.41, 5.74) is 5.68. The molecule has 0 N–H and O–H groups in total. The number of hydrogen-bond acceptors (Lipinski definition) is 1. The zero-order valence-electron chi connectivity index (χ0n) is 12.6. The van der Waals surface area contributed by atoms with Crippen LogP contribution in [0.2, 0.25) is 19.6 Å². The Labute approximate surface area is 110 Å². The molecule has 1 nitrogen and oxygen atoms in total. The summed E-state index contributed by atoms with van der Waals surface area (Å²) in [7, 11) is -1.07. The van der Waals surface area contributed by atoms with E-state index in [1.165, 1.54) is 38.8 Å². The molecule has 0 bridgehead atoms. The lowest BCUT2D eigenvalue weighted by Gasteiger charge is -2.19. The molecule has 0 aromatic carbocycles. The Morgan fingerprint density at radius 3 is 1.94 bits per heavy atom. The van der Waals surface area contributed by atoms with Gasteiger partial charge in [-0.3, -0.25) is 4.90 Å². The third-order valence-electron chi connectivity index (χ3n) is 2.64. The van der Waals surface area contributed by atoms with Crippen molar-refractivity contribution in [2.75, 3.05) is 19.6 Å². The van der Waals surface area contributed by atoms with Crippen LogP contribution in [-0.4, -0.2) is 32.6 Å². The van der Waals surface area contributed by atoms with E-state index in [-0.39, 0.29) is 0 Å². The van der Waals surface area contributed by atoms with Crippen molar-refractivity contribution in [2.24, 2.45) is 0 Å². The second kappa shape index (κ2) is 9.70. The fourth-order valence-electron chi connectivity index (χ4n) is 1.55. The first-order valence-corrected chi connectivity index (χ1v) is 10.7. The fourth-order valence-corrected chi connectivity index (χ4v) is 2.17. The summed E-state index contributed by atoms with van der Waals surface area (Å²) in [6, 6.07) is 0. The third kappa shape index (κ3) is 12.0. The first kappa shape index (κ1) is 16.7. The van der Waals surface area contributed by atoms with E-state index in [9.17, 15) is 0 Å². The maximum absolute atomic E-state index is 3.38. The van der Waals surface area contributed by atoms with E-state index in [0.717, 1.165) is 6.54 Å². The molecule has 2 heteroatoms. The first-order chi connectivity index (χ1) is 7.99. The molecule has 0 fully saturated rings. The Morgan fingerprint density at radius 2 is 1.53 bits per heavy atom. The van der Waals surface area contributed by atoms with E-state index in [2.05, 4.69) is 55.9 Å². The van der Waals surface area contributed by atoms with Gasteiger partial charge >= 0.3 is 0 Å². The molecule has 100 valence electrons. The number of rotatable bonds is 9. The molecule has 0 rings (SSSR count). The Balaban J connectivity index is 4.09. The van der Waals surface area contributed by atoms with E-state index in [1.807, 2.05) is 0 Å². The highest BCUT2D eigenvalue weighted by Crippen LogP contribution is 2.01. The SMILES string of the molecule is CCCCN(CC=C=C[Si](C)(C)C)CCCC. The van der Waals surface area contributed by atoms with Crippen LogP contribution >= 0.6 is 0 Å². The van der Waals surface area contributed by atoms with Gasteiger partial charge in [0.15, 0.2) is 0 Å². The van der Waals surface area contributed by atoms with Crippen LogP contribution in [-0.2, 0) is 0 Å². The van der Waals surface area contributed by atoms with E-state index < -0.39 is 8.07 Å². The monoisotopic (exact) mass is 253 g/mol. The van der Waals surface area contributed by atoms with Crippen LogP contribution in [0.25, 0.3) is 0 Å². The first-order valence-electron chi connectivity index (χ1n) is 7.14. The largest absolute Gasteiger partial charge is 0.299 e. The van der Waals surface area contributed by atoms with Gasteiger partial charge in [0.25, 0.3) is 0 Å². The van der Waals surface area contributed by atoms with Crippen molar-refractivity contribution in [3.63, 3.8) is 0 Å². The minimum atomic E-state index is -1.07. The average molecular weight is 254 g/mol. The lowest BCUT2D eigenvalue weighted by Crippen LogP contribution is -2.26. The lowest BCUT2D eigenvalue weighted by atomic mass is 10.2. The summed E-state index contributed by atoms with van der Waals surface area (Å²) in [6.07, 6.45) is 7.42. The fraction of sp³-hybridized carbons (Fsp3) is 0.800. The van der Waals surface area contributed by atoms with Crippen LogP contribution < -0.4 is 0 Å². The minimum Gasteiger partial charge on any atom is -0.299 e. The number of unbranched alkanes of at least 4 members (excludes halogenated alkanes) is 2. The molecule has 17 heavy (non-hydrogen) atoms. The van der Waals surface area contributed by atoms with Gasteiger partial charge in [-0.15, -0.1) is 5.73 Å². The van der Waals surface area contributed by atoms with Crippen LogP contribution in [0.5, 0.6) is 0 Å². The molecule has 0 saturated carbocycles. The van der Waals surface area contributed by atoms with Gasteiger partial charge in [0, 0.05) is 6.54 Å². The van der Waals surface area contributed by atoms with Crippen LogP contribution in [0.4, 0.5) is 0 Å². The zero-order chi connectivity index (χ0) is 13.1. The number of nitrogens with zero attached hydrogens (tertiary/aromatic N) is 1. The highest BCUT2D eigenvalue weighted by molar-refractivity contribution is 6.80. The molecule has 0 aliphatic heterocycles. The van der Waals surface area contributed by atoms with Gasteiger partial charge in [0.2, 0.25) is 0 Å². The molecule has 0 saturated heterocycles. The van der Waals surface area contributed by atoms with E-state index >= 15 is 0 Å². The topological polar surface area (TPSA) is 3.24 Å². The normalized spacial score (nSPS) is 11.4. The maximum atomic E-state index is 3.38. The zero-order valence-corrected chi connectivity index (χ0v) is 13.6. The van der Waals surface area contributed by atoms with Crippen molar-refractivity contribution in [3.05, 3.63) is 17.5 Å². The molecule has 0 heterocycles. The standard InChI is InChI=1S/C15H31NSi/c1-6-8-12-16(13-9-7-2)14-10-11-15-17(3,4)5/h10,15H,6-9,12-14H2,1-5H3. The highest BCUT2D eigenvalue weighted by Gasteiger charge is 2.06. The van der Waals surface area contributed by atoms with Crippen LogP contribution in [0.1, 0.15) is 39.5 Å². The van der Waals surface area contributed by atoms with Gasteiger partial charge in [-0.1, -0.05) is 52.0 Å². The summed E-state index contributed by atoms with van der Waals surface area (Å²) in [5, 5.41) is 0. The molecule has 0 aliphatic rings. The number of hydrogen-bond donors (Lipinski definition) is 0. The van der Waals surface area contributed by atoms with Gasteiger partial charge in [0.05, 0.1) is 8.07 Å². The summed E-state index contributed by atoms with van der Waals surface area (Å²) >= 11 is 0. The molecule has 0 spiro atoms. The van der Waals surface area contributed by atoms with Gasteiger partial charge < -0.3 is 0 Å². The summed E-state index contributed by atoms with van der Waals surface area (Å²) in [6.45, 7) is 15.1. The van der Waals surface area contributed by atoms with Gasteiger partial charge in [-0.2, -0.15) is 0 Å². The Kier molecular flexibility index (Phi) is 9.53. The molecule has 0 unspecified atom stereocenters. The quantitative estimate of drug-likeness (QED) is 0.433. The third-order valence-corrected chi connectivity index (χ3v) is 3.67. The molecule has 0 aliphatic carbocycles. The van der Waals surface area contributed by atoms with E-state index in [0.29, 0.717) is 0 Å². The minimum absolute atomic E-state index is 1.07. The summed E-state index contributed by atoms with van der Waals surface area (Å²) in [4.78, 5) is 2.55.